The summed E-state index contributed by atoms with van der Waals surface area (Å²) < 4.78 is 21.9. The van der Waals surface area contributed by atoms with Crippen molar-refractivity contribution < 1.29 is 42.9 Å². The van der Waals surface area contributed by atoms with E-state index in [2.05, 4.69) is 5.32 Å². The van der Waals surface area contributed by atoms with E-state index >= 15 is 0 Å². The molecule has 2 saturated heterocycles. The van der Waals surface area contributed by atoms with E-state index in [9.17, 15) is 24.0 Å². The molecule has 45 heavy (non-hydrogen) atoms. The first-order chi connectivity index (χ1) is 21.7. The molecular formula is C31H34ClN3O9S. The van der Waals surface area contributed by atoms with Crippen molar-refractivity contribution in [3.63, 3.8) is 0 Å². The zero-order chi connectivity index (χ0) is 32.3. The van der Waals surface area contributed by atoms with Gasteiger partial charge in [0.25, 0.3) is 17.1 Å². The Bertz CT molecular complexity index is 1480. The first-order valence-corrected chi connectivity index (χ1v) is 15.7. The summed E-state index contributed by atoms with van der Waals surface area (Å²) in [7, 11) is 0. The number of hydrogen-bond acceptors (Lipinski definition) is 10. The van der Waals surface area contributed by atoms with Crippen LogP contribution in [0.1, 0.15) is 42.6 Å². The highest BCUT2D eigenvalue weighted by Gasteiger charge is 2.36. The van der Waals surface area contributed by atoms with Crippen molar-refractivity contribution in [1.29, 1.82) is 0 Å². The molecule has 2 fully saturated rings. The van der Waals surface area contributed by atoms with Crippen LogP contribution in [0.5, 0.6) is 11.5 Å². The van der Waals surface area contributed by atoms with Crippen LogP contribution in [0.25, 0.3) is 6.08 Å². The van der Waals surface area contributed by atoms with Gasteiger partial charge in [-0.2, -0.15) is 0 Å². The number of ether oxygens (including phenoxy) is 4. The summed E-state index contributed by atoms with van der Waals surface area (Å²) in [6, 6.07) is 9.27. The maximum Gasteiger partial charge on any atom is 0.339 e. The van der Waals surface area contributed by atoms with E-state index < -0.39 is 29.6 Å². The number of halogens is 1. The third kappa shape index (κ3) is 9.22. The van der Waals surface area contributed by atoms with Crippen LogP contribution in [0.4, 0.5) is 10.5 Å². The topological polar surface area (TPSA) is 141 Å². The van der Waals surface area contributed by atoms with Gasteiger partial charge >= 0.3 is 5.97 Å². The van der Waals surface area contributed by atoms with Gasteiger partial charge in [-0.25, -0.2) is 4.79 Å². The van der Waals surface area contributed by atoms with Gasteiger partial charge in [0.2, 0.25) is 5.91 Å². The molecule has 0 atom stereocenters. The molecular weight excluding hydrogens is 626 g/mol. The summed E-state index contributed by atoms with van der Waals surface area (Å²) in [6.07, 6.45) is 3.08. The molecule has 2 aromatic carbocycles. The number of benzene rings is 2. The summed E-state index contributed by atoms with van der Waals surface area (Å²) in [4.78, 5) is 66.0. The number of esters is 1. The third-order valence-corrected chi connectivity index (χ3v) is 7.89. The Labute approximate surface area is 269 Å². The lowest BCUT2D eigenvalue weighted by Crippen LogP contribution is -2.43. The summed E-state index contributed by atoms with van der Waals surface area (Å²) in [6.45, 7) is 5.64. The van der Waals surface area contributed by atoms with Crippen molar-refractivity contribution in [3.8, 4) is 11.5 Å². The number of nitrogens with one attached hydrogen (secondary N) is 1. The second kappa shape index (κ2) is 16.3. The molecule has 2 aliphatic heterocycles. The normalized spacial score (nSPS) is 15.8. The van der Waals surface area contributed by atoms with Crippen LogP contribution >= 0.6 is 23.4 Å². The van der Waals surface area contributed by atoms with Crippen LogP contribution in [-0.4, -0.2) is 91.4 Å². The van der Waals surface area contributed by atoms with Crippen molar-refractivity contribution >= 4 is 64.1 Å². The molecule has 240 valence electrons. The Balaban J connectivity index is 1.38. The molecule has 4 rings (SSSR count). The minimum atomic E-state index is -0.641. The van der Waals surface area contributed by atoms with E-state index in [-0.39, 0.29) is 40.3 Å². The number of anilines is 1. The highest BCUT2D eigenvalue weighted by Crippen LogP contribution is 2.35. The zero-order valence-corrected chi connectivity index (χ0v) is 26.5. The molecule has 12 nitrogen and oxygen atoms in total. The number of carbonyl (C=O) groups excluding carboxylic acids is 5. The highest BCUT2D eigenvalue weighted by atomic mass is 35.5. The molecule has 2 heterocycles. The first-order valence-electron chi connectivity index (χ1n) is 14.5. The number of carbonyl (C=O) groups is 5. The SMILES string of the molecule is CCCCOC(=O)c1cc(NC(=O)CN2C(=O)S/C(=C\c3ccc(OCC(=O)N4CCOCC4)c(OCC)c3)C2=O)ccc1Cl. The van der Waals surface area contributed by atoms with Gasteiger partial charge in [-0.05, 0) is 67.1 Å². The number of rotatable bonds is 13. The molecule has 0 radical (unpaired) electrons. The van der Waals surface area contributed by atoms with Gasteiger partial charge in [-0.1, -0.05) is 31.0 Å². The number of imide groups is 1. The lowest BCUT2D eigenvalue weighted by atomic mass is 10.2. The molecule has 0 aliphatic carbocycles. The predicted octanol–water partition coefficient (Wildman–Crippen LogP) is 4.61. The number of nitrogens with zero attached hydrogens (tertiary/aromatic N) is 2. The molecule has 0 saturated carbocycles. The average molecular weight is 660 g/mol. The van der Waals surface area contributed by atoms with Crippen LogP contribution in [0, 0.1) is 0 Å². The molecule has 0 spiro atoms. The van der Waals surface area contributed by atoms with Gasteiger partial charge in [-0.3, -0.25) is 24.1 Å². The molecule has 4 amide bonds. The summed E-state index contributed by atoms with van der Waals surface area (Å²) in [5.41, 5.74) is 0.901. The third-order valence-electron chi connectivity index (χ3n) is 6.66. The minimum Gasteiger partial charge on any atom is -0.490 e. The van der Waals surface area contributed by atoms with Crippen LogP contribution < -0.4 is 14.8 Å². The molecule has 14 heteroatoms. The monoisotopic (exact) mass is 659 g/mol. The van der Waals surface area contributed by atoms with Gasteiger partial charge in [0, 0.05) is 18.8 Å². The van der Waals surface area contributed by atoms with E-state index in [0.29, 0.717) is 68.2 Å². The Morgan fingerprint density at radius 1 is 1.04 bits per heavy atom. The fraction of sp³-hybridized carbons (Fsp3) is 0.387. The molecule has 0 unspecified atom stereocenters. The molecule has 1 N–H and O–H groups in total. The Kier molecular flexibility index (Phi) is 12.2. The average Bonchev–Trinajstić information content (AvgIpc) is 3.29. The lowest BCUT2D eigenvalue weighted by molar-refractivity contribution is -0.137. The first kappa shape index (κ1) is 33.8. The number of amides is 4. The van der Waals surface area contributed by atoms with E-state index in [1.165, 1.54) is 24.3 Å². The summed E-state index contributed by atoms with van der Waals surface area (Å²) >= 11 is 6.84. The lowest BCUT2D eigenvalue weighted by Gasteiger charge is -2.26. The van der Waals surface area contributed by atoms with Crippen LogP contribution in [0.3, 0.4) is 0 Å². The van der Waals surface area contributed by atoms with E-state index in [1.807, 2.05) is 6.92 Å². The molecule has 2 aromatic rings. The fourth-order valence-corrected chi connectivity index (χ4v) is 5.36. The van der Waals surface area contributed by atoms with Crippen molar-refractivity contribution in [1.82, 2.24) is 9.80 Å². The smallest absolute Gasteiger partial charge is 0.339 e. The van der Waals surface area contributed by atoms with Crippen molar-refractivity contribution in [2.45, 2.75) is 26.7 Å². The van der Waals surface area contributed by atoms with Crippen molar-refractivity contribution in [2.24, 2.45) is 0 Å². The molecule has 2 aliphatic rings. The fourth-order valence-electron chi connectivity index (χ4n) is 4.32. The van der Waals surface area contributed by atoms with E-state index in [0.717, 1.165) is 11.3 Å². The van der Waals surface area contributed by atoms with Crippen LogP contribution in [0.2, 0.25) is 5.02 Å². The van der Waals surface area contributed by atoms with E-state index in [4.69, 9.17) is 30.5 Å². The Morgan fingerprint density at radius 3 is 2.56 bits per heavy atom. The number of thioether (sulfide) groups is 1. The zero-order valence-electron chi connectivity index (χ0n) is 25.0. The predicted molar refractivity (Wildman–Crippen MR) is 168 cm³/mol. The maximum atomic E-state index is 13.1. The summed E-state index contributed by atoms with van der Waals surface area (Å²) in [5.74, 6) is -1.32. The van der Waals surface area contributed by atoms with Crippen molar-refractivity contribution in [3.05, 3.63) is 57.5 Å². The van der Waals surface area contributed by atoms with Gasteiger partial charge in [0.1, 0.15) is 6.54 Å². The largest absolute Gasteiger partial charge is 0.490 e. The maximum absolute atomic E-state index is 13.1. The van der Waals surface area contributed by atoms with Gasteiger partial charge in [0.15, 0.2) is 18.1 Å². The van der Waals surface area contributed by atoms with Crippen LogP contribution in [-0.2, 0) is 23.9 Å². The highest BCUT2D eigenvalue weighted by molar-refractivity contribution is 8.18. The van der Waals surface area contributed by atoms with Gasteiger partial charge < -0.3 is 29.2 Å². The quantitative estimate of drug-likeness (QED) is 0.184. The second-order valence-electron chi connectivity index (χ2n) is 9.92. The van der Waals surface area contributed by atoms with Crippen LogP contribution in [0.15, 0.2) is 41.3 Å². The summed E-state index contributed by atoms with van der Waals surface area (Å²) in [5, 5.41) is 2.15. The minimum absolute atomic E-state index is 0.0891. The Hall–Kier alpha value is -4.07. The van der Waals surface area contributed by atoms with Crippen molar-refractivity contribution in [2.75, 3.05) is 58.0 Å². The number of morpholine rings is 1. The van der Waals surface area contributed by atoms with E-state index in [1.54, 1.807) is 30.0 Å². The molecule has 0 bridgehead atoms. The second-order valence-corrected chi connectivity index (χ2v) is 11.3. The van der Waals surface area contributed by atoms with Gasteiger partial charge in [0.05, 0.1) is 41.9 Å². The Morgan fingerprint density at radius 2 is 1.82 bits per heavy atom. The molecule has 0 aromatic heterocycles. The standard InChI is InChI=1S/C31H34ClN3O9S/c1-3-5-12-43-30(39)22-17-21(7-8-23(22)32)33-27(36)18-35-29(38)26(45-31(35)40)16-20-6-9-24(25(15-20)42-4-2)44-19-28(37)34-10-13-41-14-11-34/h6-9,15-17H,3-5,10-14,18-19H2,1-2H3,(H,33,36)/b26-16-. The van der Waals surface area contributed by atoms with Gasteiger partial charge in [-0.15, -0.1) is 0 Å². The number of hydrogen-bond donors (Lipinski definition) is 1. The number of unbranched alkanes of at least 4 members (excludes halogenated alkanes) is 1.